The summed E-state index contributed by atoms with van der Waals surface area (Å²) in [5, 5.41) is 22.3. The largest absolute Gasteiger partial charge is 0.463 e. The number of benzene rings is 1. The molecule has 2 rings (SSSR count). The third kappa shape index (κ3) is 3.25. The van der Waals surface area contributed by atoms with Crippen LogP contribution >= 0.6 is 10.8 Å². The fraction of sp³-hybridized carbons (Fsp3) is 0.333. The van der Waals surface area contributed by atoms with Gasteiger partial charge in [-0.3, -0.25) is 19.2 Å². The summed E-state index contributed by atoms with van der Waals surface area (Å²) in [4.78, 5) is 24.2. The summed E-state index contributed by atoms with van der Waals surface area (Å²) in [7, 11) is -2.31. The summed E-state index contributed by atoms with van der Waals surface area (Å²) in [6.07, 6.45) is -1.59. The lowest BCUT2D eigenvalue weighted by atomic mass is 9.93. The molecule has 0 bridgehead atoms. The van der Waals surface area contributed by atoms with Gasteiger partial charge in [-0.2, -0.15) is 0 Å². The second-order valence-corrected chi connectivity index (χ2v) is 7.47. The Morgan fingerprint density at radius 3 is 2.71 bits per heavy atom. The van der Waals surface area contributed by atoms with Gasteiger partial charge in [0.1, 0.15) is 5.82 Å². The van der Waals surface area contributed by atoms with E-state index in [0.717, 1.165) is 22.5 Å². The number of guanidine groups is 1. The molecule has 1 saturated heterocycles. The van der Waals surface area contributed by atoms with Crippen LogP contribution in [0.2, 0.25) is 0 Å². The molecule has 1 aromatic carbocycles. The van der Waals surface area contributed by atoms with Gasteiger partial charge in [0.15, 0.2) is 0 Å². The number of nitrogens with zero attached hydrogens (tertiary/aromatic N) is 3. The number of halogens is 1. The Hall–Kier alpha value is -2.44. The van der Waals surface area contributed by atoms with Gasteiger partial charge in [0.25, 0.3) is 5.69 Å². The summed E-state index contributed by atoms with van der Waals surface area (Å²) in [6.45, 7) is 1.37. The number of carbonyl (C=O) groups is 1. The molecule has 12 heteroatoms. The minimum absolute atomic E-state index is 0.206. The molecule has 1 unspecified atom stereocenters. The van der Waals surface area contributed by atoms with Crippen molar-refractivity contribution in [3.8, 4) is 0 Å². The SMILES string of the molecule is CN1/C(=N\C(=O)O)NC(C)(c2cc([N+](=O)[O-])ccc2F)CS1(O)O. The standard InChI is InChI=1S/C12H15FN4O6S/c1-12(8-5-7(17(20)21)3-4-9(8)13)6-24(22,23)16(2)10(15-12)14-11(18)19/h3-5,22-23H,6H2,1-2H3,(H,14,15)(H,18,19). The predicted octanol–water partition coefficient (Wildman–Crippen LogP) is 2.18. The van der Waals surface area contributed by atoms with Crippen molar-refractivity contribution in [2.24, 2.45) is 4.99 Å². The van der Waals surface area contributed by atoms with Gasteiger partial charge in [0.05, 0.1) is 16.2 Å². The van der Waals surface area contributed by atoms with Crippen LogP contribution in [-0.4, -0.2) is 48.3 Å². The van der Waals surface area contributed by atoms with Gasteiger partial charge in [-0.1, -0.05) is 0 Å². The molecule has 1 aromatic rings. The van der Waals surface area contributed by atoms with Gasteiger partial charge in [0, 0.05) is 24.7 Å². The normalized spacial score (nSPS) is 25.9. The maximum atomic E-state index is 14.2. The van der Waals surface area contributed by atoms with Crippen molar-refractivity contribution in [3.63, 3.8) is 0 Å². The van der Waals surface area contributed by atoms with Crippen molar-refractivity contribution in [2.75, 3.05) is 12.8 Å². The summed E-state index contributed by atoms with van der Waals surface area (Å²) in [5.74, 6) is -1.64. The van der Waals surface area contributed by atoms with E-state index >= 15 is 0 Å². The smallest absolute Gasteiger partial charge is 0.434 e. The average Bonchev–Trinajstić information content (AvgIpc) is 2.43. The maximum absolute atomic E-state index is 14.2. The highest BCUT2D eigenvalue weighted by molar-refractivity contribution is 8.22. The second kappa shape index (κ2) is 5.89. The Balaban J connectivity index is 2.58. The van der Waals surface area contributed by atoms with E-state index in [1.165, 1.54) is 14.0 Å². The molecular weight excluding hydrogens is 347 g/mol. The number of nitro groups is 1. The number of amides is 1. The van der Waals surface area contributed by atoms with E-state index in [9.17, 15) is 28.4 Å². The highest BCUT2D eigenvalue weighted by Gasteiger charge is 2.44. The van der Waals surface area contributed by atoms with Crippen LogP contribution < -0.4 is 5.32 Å². The molecule has 0 radical (unpaired) electrons. The first kappa shape index (κ1) is 17.9. The van der Waals surface area contributed by atoms with Crippen molar-refractivity contribution in [1.82, 2.24) is 9.62 Å². The number of hydrogen-bond donors (Lipinski definition) is 4. The molecule has 1 aliphatic rings. The monoisotopic (exact) mass is 362 g/mol. The van der Waals surface area contributed by atoms with Crippen LogP contribution in [0.4, 0.5) is 14.9 Å². The van der Waals surface area contributed by atoms with Gasteiger partial charge in [-0.15, -0.1) is 15.8 Å². The van der Waals surface area contributed by atoms with Gasteiger partial charge >= 0.3 is 6.09 Å². The van der Waals surface area contributed by atoms with Crippen LogP contribution in [0.15, 0.2) is 23.2 Å². The summed E-state index contributed by atoms with van der Waals surface area (Å²) in [5.41, 5.74) is -2.11. The van der Waals surface area contributed by atoms with Crippen LogP contribution in [0.25, 0.3) is 0 Å². The molecule has 1 atom stereocenters. The highest BCUT2D eigenvalue weighted by Crippen LogP contribution is 2.50. The summed E-state index contributed by atoms with van der Waals surface area (Å²) < 4.78 is 35.4. The van der Waals surface area contributed by atoms with Crippen molar-refractivity contribution in [3.05, 3.63) is 39.7 Å². The van der Waals surface area contributed by atoms with E-state index in [1.54, 1.807) is 0 Å². The molecule has 1 fully saturated rings. The Bertz CT molecular complexity index is 742. The predicted molar refractivity (Wildman–Crippen MR) is 84.5 cm³/mol. The van der Waals surface area contributed by atoms with Gasteiger partial charge in [0.2, 0.25) is 5.96 Å². The first-order valence-electron chi connectivity index (χ1n) is 6.50. The van der Waals surface area contributed by atoms with Crippen LogP contribution in [0.1, 0.15) is 12.5 Å². The molecule has 0 saturated carbocycles. The molecule has 1 aliphatic heterocycles. The third-order valence-electron chi connectivity index (χ3n) is 3.56. The van der Waals surface area contributed by atoms with Crippen LogP contribution in [0.5, 0.6) is 0 Å². The Morgan fingerprint density at radius 2 is 2.17 bits per heavy atom. The highest BCUT2D eigenvalue weighted by atomic mass is 32.3. The maximum Gasteiger partial charge on any atom is 0.434 e. The van der Waals surface area contributed by atoms with Crippen LogP contribution in [0, 0.1) is 15.9 Å². The molecule has 1 heterocycles. The number of nitro benzene ring substituents is 1. The van der Waals surface area contributed by atoms with Crippen molar-refractivity contribution >= 4 is 28.5 Å². The second-order valence-electron chi connectivity index (χ2n) is 5.37. The first-order valence-corrected chi connectivity index (χ1v) is 8.17. The Labute approximate surface area is 137 Å². The molecule has 24 heavy (non-hydrogen) atoms. The van der Waals surface area contributed by atoms with E-state index in [2.05, 4.69) is 10.3 Å². The van der Waals surface area contributed by atoms with E-state index in [0.29, 0.717) is 0 Å². The van der Waals surface area contributed by atoms with Crippen LogP contribution in [0.3, 0.4) is 0 Å². The summed E-state index contributed by atoms with van der Waals surface area (Å²) in [6, 6.07) is 2.82. The Kier molecular flexibility index (Phi) is 4.39. The molecule has 0 aromatic heterocycles. The Morgan fingerprint density at radius 1 is 1.54 bits per heavy atom. The van der Waals surface area contributed by atoms with E-state index in [4.69, 9.17) is 5.11 Å². The van der Waals surface area contributed by atoms with E-state index in [-0.39, 0.29) is 11.3 Å². The number of non-ortho nitro benzene ring substituents is 1. The van der Waals surface area contributed by atoms with Crippen molar-refractivity contribution in [2.45, 2.75) is 12.5 Å². The van der Waals surface area contributed by atoms with E-state index in [1.807, 2.05) is 0 Å². The molecule has 132 valence electrons. The topological polar surface area (TPSA) is 149 Å². The lowest BCUT2D eigenvalue weighted by Gasteiger charge is -2.52. The molecule has 1 amide bonds. The molecule has 10 nitrogen and oxygen atoms in total. The minimum Gasteiger partial charge on any atom is -0.463 e. The minimum atomic E-state index is -3.52. The van der Waals surface area contributed by atoms with Crippen molar-refractivity contribution < 1.29 is 28.3 Å². The third-order valence-corrected chi connectivity index (χ3v) is 5.58. The van der Waals surface area contributed by atoms with Gasteiger partial charge in [-0.25, -0.2) is 13.5 Å². The number of hydrogen-bond acceptors (Lipinski definition) is 5. The number of aliphatic imine (C=N–C) groups is 1. The number of rotatable bonds is 2. The van der Waals surface area contributed by atoms with Crippen molar-refractivity contribution in [1.29, 1.82) is 0 Å². The fourth-order valence-electron chi connectivity index (χ4n) is 2.37. The first-order chi connectivity index (χ1) is 11.0. The van der Waals surface area contributed by atoms with Gasteiger partial charge < -0.3 is 10.4 Å². The van der Waals surface area contributed by atoms with E-state index < -0.39 is 44.9 Å². The molecule has 4 N–H and O–H groups in total. The molecule has 0 aliphatic carbocycles. The zero-order valence-corrected chi connectivity index (χ0v) is 13.4. The fourth-order valence-corrected chi connectivity index (χ4v) is 3.93. The summed E-state index contributed by atoms with van der Waals surface area (Å²) >= 11 is 0. The average molecular weight is 362 g/mol. The zero-order valence-electron chi connectivity index (χ0n) is 12.6. The lowest BCUT2D eigenvalue weighted by Crippen LogP contribution is -2.59. The van der Waals surface area contributed by atoms with Gasteiger partial charge in [-0.05, 0) is 13.0 Å². The number of nitrogens with one attached hydrogen (secondary N) is 1. The molecular formula is C12H15FN4O6S. The number of carboxylic acid groups (broad SMARTS) is 1. The zero-order chi connectivity index (χ0) is 18.3. The lowest BCUT2D eigenvalue weighted by molar-refractivity contribution is -0.385. The molecule has 0 spiro atoms. The quantitative estimate of drug-likeness (QED) is 0.462. The van der Waals surface area contributed by atoms with Crippen LogP contribution in [-0.2, 0) is 5.54 Å².